The van der Waals surface area contributed by atoms with Gasteiger partial charge in [0.05, 0.1) is 6.10 Å². The molecule has 0 aromatic carbocycles. The summed E-state index contributed by atoms with van der Waals surface area (Å²) in [6.45, 7) is 0. The highest BCUT2D eigenvalue weighted by molar-refractivity contribution is 7.50. The van der Waals surface area contributed by atoms with Crippen LogP contribution < -0.4 is 5.32 Å². The molecule has 0 aliphatic carbocycles. The largest absolute Gasteiger partial charge is 0.355 e. The summed E-state index contributed by atoms with van der Waals surface area (Å²) in [6.07, 6.45) is 6.81. The van der Waals surface area contributed by atoms with Gasteiger partial charge in [-0.2, -0.15) is 0 Å². The van der Waals surface area contributed by atoms with E-state index in [4.69, 9.17) is 13.8 Å². The van der Waals surface area contributed by atoms with Gasteiger partial charge in [-0.1, -0.05) is 6.08 Å². The normalized spacial score (nSPS) is 22.3. The minimum atomic E-state index is -0.996. The average Bonchev–Trinajstić information content (AvgIpc) is 2.95. The van der Waals surface area contributed by atoms with E-state index >= 15 is 0 Å². The minimum absolute atomic E-state index is 0.00458. The summed E-state index contributed by atoms with van der Waals surface area (Å²) >= 11 is 0. The molecular formula is C13H21N2O5P. The quantitative estimate of drug-likeness (QED) is 0.413. The summed E-state index contributed by atoms with van der Waals surface area (Å²) in [6, 6.07) is 0. The maximum Gasteiger partial charge on any atom is 0.251 e. The fourth-order valence-corrected chi connectivity index (χ4v) is 2.56. The molecule has 1 fully saturated rings. The molecule has 21 heavy (non-hydrogen) atoms. The van der Waals surface area contributed by atoms with Crippen molar-refractivity contribution >= 4 is 20.7 Å². The van der Waals surface area contributed by atoms with Crippen molar-refractivity contribution in [3.63, 3.8) is 0 Å². The second kappa shape index (κ2) is 9.63. The Morgan fingerprint density at radius 2 is 2.10 bits per heavy atom. The van der Waals surface area contributed by atoms with Crippen molar-refractivity contribution in [2.75, 3.05) is 21.3 Å². The fourth-order valence-electron chi connectivity index (χ4n) is 1.84. The van der Waals surface area contributed by atoms with Crippen molar-refractivity contribution in [3.05, 3.63) is 24.2 Å². The number of ether oxygens (including phenoxy) is 1. The Kier molecular flexibility index (Phi) is 8.15. The summed E-state index contributed by atoms with van der Waals surface area (Å²) < 4.78 is 16.1. The predicted octanol–water partition coefficient (Wildman–Crippen LogP) is 1.33. The SMILES string of the molecule is COP(/C=C/C1CCC(N(C)/C=C\C(=O)NC=O)O1)OC. The molecule has 2 amide bonds. The van der Waals surface area contributed by atoms with Gasteiger partial charge in [0.1, 0.15) is 6.23 Å². The Hall–Kier alpha value is -1.27. The van der Waals surface area contributed by atoms with Crippen molar-refractivity contribution in [3.8, 4) is 0 Å². The van der Waals surface area contributed by atoms with Gasteiger partial charge in [0, 0.05) is 33.5 Å². The zero-order chi connectivity index (χ0) is 15.7. The third-order valence-corrected chi connectivity index (χ3v) is 4.06. The Morgan fingerprint density at radius 3 is 2.71 bits per heavy atom. The standard InChI is InChI=1S/C13H21N2O5P/c1-15(8-6-12(17)14-10-16)13-5-4-11(20-13)7-9-21(18-2)19-3/h6-11,13H,4-5H2,1-3H3,(H,14,16,17)/b8-6-,9-7+. The zero-order valence-electron chi connectivity index (χ0n) is 12.4. The Balaban J connectivity index is 2.42. The molecule has 1 rings (SSSR count). The Labute approximate surface area is 125 Å². The molecule has 0 bridgehead atoms. The molecule has 2 unspecified atom stereocenters. The predicted molar refractivity (Wildman–Crippen MR) is 79.1 cm³/mol. The molecule has 7 nitrogen and oxygen atoms in total. The number of carbonyl (C=O) groups is 2. The lowest BCUT2D eigenvalue weighted by atomic mass is 10.2. The van der Waals surface area contributed by atoms with E-state index in [0.717, 1.165) is 12.8 Å². The highest BCUT2D eigenvalue weighted by atomic mass is 31.2. The molecule has 1 aliphatic rings. The van der Waals surface area contributed by atoms with Crippen molar-refractivity contribution in [2.24, 2.45) is 0 Å². The average molecular weight is 316 g/mol. The van der Waals surface area contributed by atoms with E-state index in [1.807, 2.05) is 24.3 Å². The molecular weight excluding hydrogens is 295 g/mol. The molecule has 1 N–H and O–H groups in total. The third kappa shape index (κ3) is 6.35. The van der Waals surface area contributed by atoms with Crippen LogP contribution in [-0.2, 0) is 23.4 Å². The van der Waals surface area contributed by atoms with Gasteiger partial charge in [-0.3, -0.25) is 14.9 Å². The number of nitrogens with one attached hydrogen (secondary N) is 1. The van der Waals surface area contributed by atoms with Crippen molar-refractivity contribution < 1.29 is 23.4 Å². The number of nitrogens with zero attached hydrogens (tertiary/aromatic N) is 1. The van der Waals surface area contributed by atoms with Crippen molar-refractivity contribution in [1.29, 1.82) is 0 Å². The van der Waals surface area contributed by atoms with Gasteiger partial charge in [-0.15, -0.1) is 0 Å². The lowest BCUT2D eigenvalue weighted by Gasteiger charge is -2.22. The molecule has 1 heterocycles. The van der Waals surface area contributed by atoms with Crippen LogP contribution in [0.2, 0.25) is 0 Å². The summed E-state index contributed by atoms with van der Waals surface area (Å²) in [4.78, 5) is 23.0. The zero-order valence-corrected chi connectivity index (χ0v) is 13.3. The number of hydrogen-bond acceptors (Lipinski definition) is 6. The van der Waals surface area contributed by atoms with Gasteiger partial charge in [0.15, 0.2) is 8.38 Å². The smallest absolute Gasteiger partial charge is 0.251 e. The van der Waals surface area contributed by atoms with E-state index in [-0.39, 0.29) is 12.3 Å². The molecule has 0 saturated carbocycles. The minimum Gasteiger partial charge on any atom is -0.355 e. The lowest BCUT2D eigenvalue weighted by molar-refractivity contribution is -0.121. The summed E-state index contributed by atoms with van der Waals surface area (Å²) in [5.74, 6) is 1.41. The molecule has 2 atom stereocenters. The number of amides is 2. The first kappa shape index (κ1) is 17.8. The van der Waals surface area contributed by atoms with Gasteiger partial charge in [-0.05, 0) is 18.7 Å². The molecule has 0 spiro atoms. The van der Waals surface area contributed by atoms with Crippen LogP contribution in [0.5, 0.6) is 0 Å². The first-order valence-electron chi connectivity index (χ1n) is 6.46. The van der Waals surface area contributed by atoms with Gasteiger partial charge in [0.25, 0.3) is 5.91 Å². The Bertz CT molecular complexity index is 398. The van der Waals surface area contributed by atoms with Crippen molar-refractivity contribution in [1.82, 2.24) is 10.2 Å². The van der Waals surface area contributed by atoms with Gasteiger partial charge in [0.2, 0.25) is 6.41 Å². The Morgan fingerprint density at radius 1 is 1.38 bits per heavy atom. The first-order chi connectivity index (χ1) is 10.1. The van der Waals surface area contributed by atoms with E-state index in [0.29, 0.717) is 6.41 Å². The molecule has 0 aromatic rings. The molecule has 1 aliphatic heterocycles. The van der Waals surface area contributed by atoms with Crippen LogP contribution in [0, 0.1) is 0 Å². The van der Waals surface area contributed by atoms with E-state index in [1.54, 1.807) is 25.3 Å². The van der Waals surface area contributed by atoms with Gasteiger partial charge in [-0.25, -0.2) is 0 Å². The molecule has 1 saturated heterocycles. The summed E-state index contributed by atoms with van der Waals surface area (Å²) in [5, 5.41) is 2.04. The lowest BCUT2D eigenvalue weighted by Crippen LogP contribution is -2.28. The third-order valence-electron chi connectivity index (χ3n) is 2.93. The van der Waals surface area contributed by atoms with Crippen molar-refractivity contribution in [2.45, 2.75) is 25.2 Å². The van der Waals surface area contributed by atoms with Crippen LogP contribution in [0.4, 0.5) is 0 Å². The fraction of sp³-hybridized carbons (Fsp3) is 0.538. The van der Waals surface area contributed by atoms with Gasteiger partial charge >= 0.3 is 0 Å². The number of imide groups is 1. The van der Waals surface area contributed by atoms with Crippen LogP contribution >= 0.6 is 8.38 Å². The van der Waals surface area contributed by atoms with Gasteiger partial charge < -0.3 is 18.7 Å². The van der Waals surface area contributed by atoms with E-state index < -0.39 is 14.3 Å². The van der Waals surface area contributed by atoms with Crippen LogP contribution in [0.25, 0.3) is 0 Å². The second-order valence-corrected chi connectivity index (χ2v) is 5.91. The topological polar surface area (TPSA) is 77.1 Å². The highest BCUT2D eigenvalue weighted by Crippen LogP contribution is 2.38. The maximum atomic E-state index is 11.1. The summed E-state index contributed by atoms with van der Waals surface area (Å²) in [7, 11) is 4.02. The monoisotopic (exact) mass is 316 g/mol. The second-order valence-electron chi connectivity index (χ2n) is 4.31. The van der Waals surface area contributed by atoms with E-state index in [2.05, 4.69) is 0 Å². The highest BCUT2D eigenvalue weighted by Gasteiger charge is 2.25. The van der Waals surface area contributed by atoms with E-state index in [9.17, 15) is 9.59 Å². The summed E-state index contributed by atoms with van der Waals surface area (Å²) in [5.41, 5.74) is 0. The van der Waals surface area contributed by atoms with Crippen LogP contribution in [-0.4, -0.2) is 50.8 Å². The molecule has 118 valence electrons. The molecule has 0 aromatic heterocycles. The number of hydrogen-bond donors (Lipinski definition) is 1. The molecule has 8 heteroatoms. The van der Waals surface area contributed by atoms with Crippen LogP contribution in [0.15, 0.2) is 24.2 Å². The maximum absolute atomic E-state index is 11.1. The van der Waals surface area contributed by atoms with Crippen LogP contribution in [0.1, 0.15) is 12.8 Å². The number of rotatable bonds is 8. The van der Waals surface area contributed by atoms with E-state index in [1.165, 1.54) is 6.08 Å². The first-order valence-corrected chi connectivity index (χ1v) is 7.71. The number of carbonyl (C=O) groups excluding carboxylic acids is 2. The van der Waals surface area contributed by atoms with Crippen LogP contribution in [0.3, 0.4) is 0 Å². The molecule has 0 radical (unpaired) electrons.